The van der Waals surface area contributed by atoms with Crippen molar-refractivity contribution in [1.29, 1.82) is 0 Å². The third-order valence-electron chi connectivity index (χ3n) is 3.27. The predicted octanol–water partition coefficient (Wildman–Crippen LogP) is 5.10. The molecule has 0 bridgehead atoms. The fraction of sp³-hybridized carbons (Fsp3) is 0.0952. The molecule has 0 amide bonds. The van der Waals surface area contributed by atoms with Crippen LogP contribution in [0, 0.1) is 6.29 Å². The highest BCUT2D eigenvalue weighted by Gasteiger charge is 2.16. The largest absolute Gasteiger partial charge is 0.493 e. The zero-order chi connectivity index (χ0) is 16.5. The van der Waals surface area contributed by atoms with Crippen LogP contribution >= 0.6 is 0 Å². The number of ether oxygens (including phenoxy) is 3. The minimum atomic E-state index is 0.471. The first-order chi connectivity index (χ1) is 11.9. The van der Waals surface area contributed by atoms with Crippen LogP contribution in [0.4, 0.5) is 0 Å². The summed E-state index contributed by atoms with van der Waals surface area (Å²) in [5.74, 6) is 2.31. The molecule has 1 radical (unpaired) electrons. The van der Waals surface area contributed by atoms with Gasteiger partial charge in [-0.05, 0) is 36.4 Å². The Morgan fingerprint density at radius 3 is 1.42 bits per heavy atom. The van der Waals surface area contributed by atoms with Crippen molar-refractivity contribution in [3.05, 3.63) is 97.3 Å². The molecule has 24 heavy (non-hydrogen) atoms. The third-order valence-corrected chi connectivity index (χ3v) is 3.27. The van der Waals surface area contributed by atoms with E-state index in [1.165, 1.54) is 0 Å². The summed E-state index contributed by atoms with van der Waals surface area (Å²) in [6.45, 7) is 0.471. The molecule has 121 valence electrons. The first kappa shape index (κ1) is 15.9. The molecule has 0 aromatic heterocycles. The summed E-state index contributed by atoms with van der Waals surface area (Å²) in [4.78, 5) is 0. The van der Waals surface area contributed by atoms with Crippen LogP contribution in [0.3, 0.4) is 0 Å². The lowest BCUT2D eigenvalue weighted by atomic mass is 10.3. The highest BCUT2D eigenvalue weighted by atomic mass is 16.7. The van der Waals surface area contributed by atoms with Crippen molar-refractivity contribution >= 4 is 0 Å². The van der Waals surface area contributed by atoms with E-state index in [0.717, 1.165) is 17.2 Å². The summed E-state index contributed by atoms with van der Waals surface area (Å²) in [5, 5.41) is 0. The Hall–Kier alpha value is -2.94. The minimum Gasteiger partial charge on any atom is -0.493 e. The topological polar surface area (TPSA) is 27.7 Å². The van der Waals surface area contributed by atoms with Gasteiger partial charge in [-0.3, -0.25) is 0 Å². The fourth-order valence-corrected chi connectivity index (χ4v) is 2.13. The number of rotatable bonds is 8. The minimum absolute atomic E-state index is 0.471. The smallest absolute Gasteiger partial charge is 0.333 e. The second kappa shape index (κ2) is 8.63. The van der Waals surface area contributed by atoms with E-state index in [1.807, 2.05) is 91.0 Å². The van der Waals surface area contributed by atoms with Crippen molar-refractivity contribution in [2.45, 2.75) is 6.42 Å². The van der Waals surface area contributed by atoms with Gasteiger partial charge in [0, 0.05) is 0 Å². The van der Waals surface area contributed by atoms with E-state index in [1.54, 1.807) is 0 Å². The molecule has 0 spiro atoms. The number of para-hydroxylation sites is 3. The Bertz CT molecular complexity index is 657. The number of hydrogen-bond donors (Lipinski definition) is 0. The van der Waals surface area contributed by atoms with Gasteiger partial charge in [0.25, 0.3) is 0 Å². The molecule has 0 aliphatic carbocycles. The number of benzene rings is 3. The van der Waals surface area contributed by atoms with Gasteiger partial charge in [-0.15, -0.1) is 0 Å². The summed E-state index contributed by atoms with van der Waals surface area (Å²) in [6.07, 6.45) is 1.03. The van der Waals surface area contributed by atoms with Crippen molar-refractivity contribution in [3.8, 4) is 17.2 Å². The molecule has 0 atom stereocenters. The molecule has 0 unspecified atom stereocenters. The lowest BCUT2D eigenvalue weighted by molar-refractivity contribution is 0.0979. The Balaban J connectivity index is 1.60. The summed E-state index contributed by atoms with van der Waals surface area (Å²) < 4.78 is 17.5. The van der Waals surface area contributed by atoms with Gasteiger partial charge in [-0.1, -0.05) is 54.6 Å². The summed E-state index contributed by atoms with van der Waals surface area (Å²) >= 11 is 0. The van der Waals surface area contributed by atoms with Crippen LogP contribution in [-0.2, 0) is 0 Å². The van der Waals surface area contributed by atoms with Crippen LogP contribution in [0.25, 0.3) is 0 Å². The van der Waals surface area contributed by atoms with Crippen LogP contribution in [0.15, 0.2) is 91.0 Å². The molecule has 0 saturated carbocycles. The van der Waals surface area contributed by atoms with E-state index >= 15 is 0 Å². The quantitative estimate of drug-likeness (QED) is 0.578. The van der Waals surface area contributed by atoms with E-state index in [4.69, 9.17) is 14.2 Å². The molecule has 3 aromatic rings. The molecular formula is C21H19O3. The zero-order valence-electron chi connectivity index (χ0n) is 13.3. The van der Waals surface area contributed by atoms with Gasteiger partial charge in [-0.25, -0.2) is 0 Å². The van der Waals surface area contributed by atoms with Crippen LogP contribution in [-0.4, -0.2) is 6.61 Å². The van der Waals surface area contributed by atoms with Gasteiger partial charge in [0.15, 0.2) is 0 Å². The molecule has 0 N–H and O–H groups in total. The molecule has 3 nitrogen and oxygen atoms in total. The highest BCUT2D eigenvalue weighted by molar-refractivity contribution is 5.25. The molecule has 0 heterocycles. The molecule has 0 aliphatic rings. The zero-order valence-corrected chi connectivity index (χ0v) is 13.3. The van der Waals surface area contributed by atoms with Crippen LogP contribution < -0.4 is 14.2 Å². The van der Waals surface area contributed by atoms with E-state index in [0.29, 0.717) is 19.3 Å². The Morgan fingerprint density at radius 1 is 0.542 bits per heavy atom. The van der Waals surface area contributed by atoms with Crippen molar-refractivity contribution in [2.24, 2.45) is 0 Å². The molecule has 3 heteroatoms. The molecule has 0 aliphatic heterocycles. The van der Waals surface area contributed by atoms with Gasteiger partial charge < -0.3 is 14.2 Å². The normalized spacial score (nSPS) is 10.4. The van der Waals surface area contributed by atoms with E-state index in [9.17, 15) is 0 Å². The Kier molecular flexibility index (Phi) is 5.73. The fourth-order valence-electron chi connectivity index (χ4n) is 2.13. The lowest BCUT2D eigenvalue weighted by Gasteiger charge is -2.18. The lowest BCUT2D eigenvalue weighted by Crippen LogP contribution is -2.17. The third kappa shape index (κ3) is 5.06. The first-order valence-corrected chi connectivity index (χ1v) is 7.89. The molecule has 0 saturated heterocycles. The highest BCUT2D eigenvalue weighted by Crippen LogP contribution is 2.22. The maximum atomic E-state index is 5.87. The second-order valence-corrected chi connectivity index (χ2v) is 5.11. The predicted molar refractivity (Wildman–Crippen MR) is 93.9 cm³/mol. The Morgan fingerprint density at radius 2 is 0.958 bits per heavy atom. The summed E-state index contributed by atoms with van der Waals surface area (Å²) in [6, 6.07) is 28.9. The SMILES string of the molecule is c1ccc(OCC[C](Oc2ccccc2)Oc2ccccc2)cc1. The maximum absolute atomic E-state index is 5.87. The molecule has 3 aromatic carbocycles. The van der Waals surface area contributed by atoms with Crippen molar-refractivity contribution in [1.82, 2.24) is 0 Å². The van der Waals surface area contributed by atoms with E-state index in [-0.39, 0.29) is 0 Å². The van der Waals surface area contributed by atoms with E-state index < -0.39 is 0 Å². The van der Waals surface area contributed by atoms with Gasteiger partial charge in [0.2, 0.25) is 0 Å². The van der Waals surface area contributed by atoms with Crippen molar-refractivity contribution < 1.29 is 14.2 Å². The van der Waals surface area contributed by atoms with Crippen LogP contribution in [0.1, 0.15) is 6.42 Å². The van der Waals surface area contributed by atoms with E-state index in [2.05, 4.69) is 0 Å². The standard InChI is InChI=1S/C21H19O3/c1-4-10-18(11-5-1)22-17-16-21(23-19-12-6-2-7-13-19)24-20-14-8-3-9-15-20/h1-15H,16-17H2. The van der Waals surface area contributed by atoms with Crippen molar-refractivity contribution in [3.63, 3.8) is 0 Å². The van der Waals surface area contributed by atoms with Gasteiger partial charge in [0.05, 0.1) is 13.0 Å². The maximum Gasteiger partial charge on any atom is 0.333 e. The van der Waals surface area contributed by atoms with Crippen molar-refractivity contribution in [2.75, 3.05) is 6.61 Å². The van der Waals surface area contributed by atoms with Gasteiger partial charge in [-0.2, -0.15) is 0 Å². The van der Waals surface area contributed by atoms with Crippen LogP contribution in [0.5, 0.6) is 17.2 Å². The first-order valence-electron chi connectivity index (χ1n) is 7.89. The summed E-state index contributed by atoms with van der Waals surface area (Å²) in [5.41, 5.74) is 0. The molecule has 0 fully saturated rings. The monoisotopic (exact) mass is 319 g/mol. The second-order valence-electron chi connectivity index (χ2n) is 5.11. The number of hydrogen-bond acceptors (Lipinski definition) is 3. The van der Waals surface area contributed by atoms with Crippen LogP contribution in [0.2, 0.25) is 0 Å². The Labute approximate surface area is 142 Å². The summed E-state index contributed by atoms with van der Waals surface area (Å²) in [7, 11) is 0. The average molecular weight is 319 g/mol. The average Bonchev–Trinajstić information content (AvgIpc) is 2.64. The van der Waals surface area contributed by atoms with Gasteiger partial charge in [0.1, 0.15) is 17.2 Å². The molecular weight excluding hydrogens is 300 g/mol. The van der Waals surface area contributed by atoms with Gasteiger partial charge >= 0.3 is 6.29 Å². The molecule has 3 rings (SSSR count).